The van der Waals surface area contributed by atoms with E-state index in [1.54, 1.807) is 19.1 Å². The Bertz CT molecular complexity index is 817. The monoisotopic (exact) mass is 399 g/mol. The first-order chi connectivity index (χ1) is 13.9. The molecule has 2 aromatic carbocycles. The Labute approximate surface area is 172 Å². The fourth-order valence-corrected chi connectivity index (χ4v) is 2.82. The maximum Gasteiger partial charge on any atom is 0.344 e. The molecule has 6 nitrogen and oxygen atoms in total. The van der Waals surface area contributed by atoms with E-state index >= 15 is 0 Å². The van der Waals surface area contributed by atoms with Crippen LogP contribution in [0.2, 0.25) is 0 Å². The molecule has 29 heavy (non-hydrogen) atoms. The highest BCUT2D eigenvalue weighted by Crippen LogP contribution is 2.30. The quantitative estimate of drug-likeness (QED) is 0.616. The van der Waals surface area contributed by atoms with Crippen LogP contribution in [-0.4, -0.2) is 32.2 Å². The molecule has 6 heteroatoms. The number of hydrogen-bond donors (Lipinski definition) is 1. The lowest BCUT2D eigenvalue weighted by atomic mass is 10.1. The van der Waals surface area contributed by atoms with Crippen molar-refractivity contribution in [2.75, 3.05) is 20.3 Å². The first-order valence-electron chi connectivity index (χ1n) is 9.74. The molecule has 0 bridgehead atoms. The highest BCUT2D eigenvalue weighted by Gasteiger charge is 2.14. The lowest BCUT2D eigenvalue weighted by Crippen LogP contribution is -2.26. The highest BCUT2D eigenvalue weighted by molar-refractivity contribution is 5.76. The van der Waals surface area contributed by atoms with Gasteiger partial charge in [-0.25, -0.2) is 4.79 Å². The van der Waals surface area contributed by atoms with Gasteiger partial charge in [0, 0.05) is 6.42 Å². The Kier molecular flexibility index (Phi) is 8.52. The number of rotatable bonds is 10. The second kappa shape index (κ2) is 11.1. The van der Waals surface area contributed by atoms with E-state index in [-0.39, 0.29) is 18.6 Å². The number of amides is 1. The minimum Gasteiger partial charge on any atom is -0.493 e. The summed E-state index contributed by atoms with van der Waals surface area (Å²) in [5.41, 5.74) is 3.23. The van der Waals surface area contributed by atoms with Gasteiger partial charge in [-0.15, -0.1) is 0 Å². The van der Waals surface area contributed by atoms with Gasteiger partial charge in [0.1, 0.15) is 0 Å². The molecule has 0 radical (unpaired) electrons. The molecule has 0 fully saturated rings. The fraction of sp³-hybridized carbons (Fsp3) is 0.391. The number of carbonyl (C=O) groups is 2. The van der Waals surface area contributed by atoms with E-state index < -0.39 is 5.97 Å². The van der Waals surface area contributed by atoms with Crippen LogP contribution in [0.15, 0.2) is 42.5 Å². The number of aryl methyl sites for hydroxylation is 2. The highest BCUT2D eigenvalue weighted by atomic mass is 16.6. The van der Waals surface area contributed by atoms with Crippen LogP contribution >= 0.6 is 0 Å². The summed E-state index contributed by atoms with van der Waals surface area (Å²) in [6, 6.07) is 13.4. The average molecular weight is 399 g/mol. The average Bonchev–Trinajstić information content (AvgIpc) is 2.71. The van der Waals surface area contributed by atoms with Crippen molar-refractivity contribution in [3.05, 3.63) is 59.2 Å². The molecule has 0 spiro atoms. The van der Waals surface area contributed by atoms with Crippen LogP contribution in [0, 0.1) is 6.92 Å². The first kappa shape index (κ1) is 22.3. The van der Waals surface area contributed by atoms with Crippen molar-refractivity contribution in [2.24, 2.45) is 0 Å². The third-order valence-electron chi connectivity index (χ3n) is 4.48. The van der Waals surface area contributed by atoms with Crippen molar-refractivity contribution in [1.82, 2.24) is 5.32 Å². The van der Waals surface area contributed by atoms with Crippen molar-refractivity contribution in [2.45, 2.75) is 39.7 Å². The Morgan fingerprint density at radius 1 is 1.07 bits per heavy atom. The molecule has 0 aliphatic heterocycles. The van der Waals surface area contributed by atoms with Gasteiger partial charge in [-0.1, -0.05) is 35.9 Å². The van der Waals surface area contributed by atoms with E-state index in [0.29, 0.717) is 30.9 Å². The second-order valence-electron chi connectivity index (χ2n) is 6.78. The number of nitrogens with one attached hydrogen (secondary N) is 1. The van der Waals surface area contributed by atoms with Crippen LogP contribution in [0.1, 0.15) is 43.0 Å². The second-order valence-corrected chi connectivity index (χ2v) is 6.78. The standard InChI is InChI=1S/C23H29NO5/c1-5-28-23(26)15-29-20-12-11-19(14-21(20)27-4)17(3)24-22(25)13-10-18-8-6-16(2)7-9-18/h6-9,11-12,14,17H,5,10,13,15H2,1-4H3,(H,24,25). The predicted molar refractivity (Wildman–Crippen MR) is 111 cm³/mol. The Balaban J connectivity index is 1.91. The van der Waals surface area contributed by atoms with Gasteiger partial charge in [0.05, 0.1) is 19.8 Å². The normalized spacial score (nSPS) is 11.4. The Hall–Kier alpha value is -3.02. The molecule has 0 aliphatic carbocycles. The summed E-state index contributed by atoms with van der Waals surface area (Å²) < 4.78 is 15.7. The fourth-order valence-electron chi connectivity index (χ4n) is 2.82. The number of benzene rings is 2. The molecule has 0 heterocycles. The van der Waals surface area contributed by atoms with E-state index in [4.69, 9.17) is 14.2 Å². The van der Waals surface area contributed by atoms with Crippen LogP contribution < -0.4 is 14.8 Å². The van der Waals surface area contributed by atoms with Gasteiger partial charge >= 0.3 is 5.97 Å². The molecule has 1 amide bonds. The third kappa shape index (κ3) is 7.14. The Morgan fingerprint density at radius 2 is 1.79 bits per heavy atom. The smallest absolute Gasteiger partial charge is 0.344 e. The van der Waals surface area contributed by atoms with E-state index in [9.17, 15) is 9.59 Å². The lowest BCUT2D eigenvalue weighted by Gasteiger charge is -2.17. The molecule has 0 aliphatic rings. The lowest BCUT2D eigenvalue weighted by molar-refractivity contribution is -0.145. The van der Waals surface area contributed by atoms with E-state index in [0.717, 1.165) is 11.1 Å². The summed E-state index contributed by atoms with van der Waals surface area (Å²) in [6.07, 6.45) is 1.12. The molecule has 1 unspecified atom stereocenters. The maximum atomic E-state index is 12.3. The maximum absolute atomic E-state index is 12.3. The molecule has 0 saturated carbocycles. The third-order valence-corrected chi connectivity index (χ3v) is 4.48. The zero-order valence-corrected chi connectivity index (χ0v) is 17.5. The van der Waals surface area contributed by atoms with Gasteiger partial charge < -0.3 is 19.5 Å². The van der Waals surface area contributed by atoms with Crippen LogP contribution in [0.4, 0.5) is 0 Å². The molecule has 2 rings (SSSR count). The van der Waals surface area contributed by atoms with Gasteiger partial charge in [-0.3, -0.25) is 4.79 Å². The van der Waals surface area contributed by atoms with Crippen molar-refractivity contribution < 1.29 is 23.8 Å². The number of carbonyl (C=O) groups excluding carboxylic acids is 2. The van der Waals surface area contributed by atoms with Crippen molar-refractivity contribution in [3.8, 4) is 11.5 Å². The van der Waals surface area contributed by atoms with Gasteiger partial charge in [0.25, 0.3) is 0 Å². The van der Waals surface area contributed by atoms with Crippen LogP contribution in [0.5, 0.6) is 11.5 Å². The number of ether oxygens (including phenoxy) is 3. The summed E-state index contributed by atoms with van der Waals surface area (Å²) >= 11 is 0. The molecule has 0 saturated heterocycles. The molecular formula is C23H29NO5. The number of esters is 1. The minimum atomic E-state index is -0.437. The SMILES string of the molecule is CCOC(=O)COc1ccc(C(C)NC(=O)CCc2ccc(C)cc2)cc1OC. The van der Waals surface area contributed by atoms with Gasteiger partial charge in [-0.2, -0.15) is 0 Å². The largest absolute Gasteiger partial charge is 0.493 e. The van der Waals surface area contributed by atoms with E-state index in [2.05, 4.69) is 5.32 Å². The summed E-state index contributed by atoms with van der Waals surface area (Å²) in [5, 5.41) is 3.01. The zero-order valence-electron chi connectivity index (χ0n) is 17.5. The van der Waals surface area contributed by atoms with E-state index in [1.165, 1.54) is 12.7 Å². The molecular weight excluding hydrogens is 370 g/mol. The molecule has 0 aromatic heterocycles. The molecule has 1 atom stereocenters. The topological polar surface area (TPSA) is 73.9 Å². The minimum absolute atomic E-state index is 0.0142. The molecule has 1 N–H and O–H groups in total. The van der Waals surface area contributed by atoms with Crippen LogP contribution in [-0.2, 0) is 20.7 Å². The Morgan fingerprint density at radius 3 is 2.45 bits per heavy atom. The number of methoxy groups -OCH3 is 1. The van der Waals surface area contributed by atoms with Crippen LogP contribution in [0.3, 0.4) is 0 Å². The predicted octanol–water partition coefficient (Wildman–Crippen LogP) is 3.76. The number of hydrogen-bond acceptors (Lipinski definition) is 5. The van der Waals surface area contributed by atoms with Crippen molar-refractivity contribution in [1.29, 1.82) is 0 Å². The summed E-state index contributed by atoms with van der Waals surface area (Å²) in [4.78, 5) is 23.8. The summed E-state index contributed by atoms with van der Waals surface area (Å²) in [6.45, 7) is 5.81. The van der Waals surface area contributed by atoms with E-state index in [1.807, 2.05) is 44.2 Å². The summed E-state index contributed by atoms with van der Waals surface area (Å²) in [7, 11) is 1.53. The van der Waals surface area contributed by atoms with Gasteiger partial charge in [0.15, 0.2) is 18.1 Å². The summed E-state index contributed by atoms with van der Waals surface area (Å²) in [5.74, 6) is 0.488. The van der Waals surface area contributed by atoms with Gasteiger partial charge in [0.2, 0.25) is 5.91 Å². The molecule has 156 valence electrons. The van der Waals surface area contributed by atoms with Crippen molar-refractivity contribution in [3.63, 3.8) is 0 Å². The van der Waals surface area contributed by atoms with Crippen LogP contribution in [0.25, 0.3) is 0 Å². The zero-order chi connectivity index (χ0) is 21.2. The first-order valence-corrected chi connectivity index (χ1v) is 9.74. The van der Waals surface area contributed by atoms with Gasteiger partial charge in [-0.05, 0) is 50.5 Å². The van der Waals surface area contributed by atoms with Crippen molar-refractivity contribution >= 4 is 11.9 Å². The molecule has 2 aromatic rings.